The number of hydrogen-bond acceptors (Lipinski definition) is 4. The van der Waals surface area contributed by atoms with Gasteiger partial charge in [-0.05, 0) is 116 Å². The van der Waals surface area contributed by atoms with Gasteiger partial charge in [0.1, 0.15) is 5.75 Å². The highest BCUT2D eigenvalue weighted by Crippen LogP contribution is 2.62. The molecule has 5 rings (SSSR count). The Balaban J connectivity index is 0.914. The second-order valence-electron chi connectivity index (χ2n) is 13.6. The van der Waals surface area contributed by atoms with Crippen LogP contribution >= 0.6 is 0 Å². The minimum absolute atomic E-state index is 0.106. The number of aromatic hydroxyl groups is 1. The van der Waals surface area contributed by atoms with Crippen molar-refractivity contribution in [2.45, 2.75) is 122 Å². The largest absolute Gasteiger partial charge is 0.508 e. The maximum atomic E-state index is 11.5. The van der Waals surface area contributed by atoms with Crippen LogP contribution in [0.25, 0.3) is 0 Å². The van der Waals surface area contributed by atoms with Crippen molar-refractivity contribution in [2.24, 2.45) is 23.2 Å². The lowest BCUT2D eigenvalue weighted by Crippen LogP contribution is -2.44. The van der Waals surface area contributed by atoms with Gasteiger partial charge >= 0.3 is 0 Å². The Kier molecular flexibility index (Phi) is 10.6. The summed E-state index contributed by atoms with van der Waals surface area (Å²) in [7, 11) is 0. The number of unbranched alkanes of at least 4 members (excludes halogenated alkanes) is 8. The number of aliphatic hydroxyl groups excluding tert-OH is 1. The molecule has 0 spiro atoms. The number of phenolic OH excluding ortho intramolecular Hbond substituents is 1. The van der Waals surface area contributed by atoms with E-state index in [0.29, 0.717) is 29.4 Å². The van der Waals surface area contributed by atoms with E-state index >= 15 is 0 Å². The number of nitrogens with zero attached hydrogens (tertiary/aromatic N) is 1. The molecule has 220 valence electrons. The molecule has 2 aromatic rings. The summed E-state index contributed by atoms with van der Waals surface area (Å²) in [5.41, 5.74) is 4.13. The molecule has 1 unspecified atom stereocenters. The summed E-state index contributed by atoms with van der Waals surface area (Å²) in [5.74, 6) is 2.89. The van der Waals surface area contributed by atoms with Crippen molar-refractivity contribution in [2.75, 3.05) is 13.1 Å². The standard InChI is InChI=1S/C36H54N2O2/c1-36-21-19-32-31-18-16-30(39)25-27(31)15-17-33(32)34(36)26-28(35(36)40)13-9-7-5-3-2-4-6-8-11-22-37-24-20-29-14-10-12-23-38-29/h10,12,14,16,18,23,25,28,32-35,37,39-40H,2-9,11,13,15,17,19-22,24,26H2,1H3/t28?,32-,33-,34+,35+,36+/m1/s1. The van der Waals surface area contributed by atoms with Gasteiger partial charge in [-0.3, -0.25) is 4.98 Å². The quantitative estimate of drug-likeness (QED) is 0.198. The van der Waals surface area contributed by atoms with Crippen molar-refractivity contribution in [3.63, 3.8) is 0 Å². The number of aliphatic hydroxyl groups is 1. The molecule has 3 N–H and O–H groups in total. The number of hydrogen-bond donors (Lipinski definition) is 3. The molecule has 6 atom stereocenters. The van der Waals surface area contributed by atoms with Gasteiger partial charge in [-0.1, -0.05) is 70.4 Å². The van der Waals surface area contributed by atoms with Crippen molar-refractivity contribution in [1.29, 1.82) is 0 Å². The SMILES string of the molecule is C[C@]12CC[C@@H]3c4ccc(O)cc4CC[C@H]3[C@@H]1CC(CCCCCCCCCCCNCCc1ccccn1)[C@@H]2O. The lowest BCUT2D eigenvalue weighted by Gasteiger charge is -2.50. The molecule has 3 aliphatic rings. The molecule has 0 bridgehead atoms. The van der Waals surface area contributed by atoms with E-state index in [4.69, 9.17) is 0 Å². The van der Waals surface area contributed by atoms with Crippen LogP contribution in [-0.2, 0) is 12.8 Å². The maximum Gasteiger partial charge on any atom is 0.115 e. The molecule has 1 aromatic heterocycles. The van der Waals surface area contributed by atoms with E-state index in [1.807, 2.05) is 24.4 Å². The number of pyridine rings is 1. The second-order valence-corrected chi connectivity index (χ2v) is 13.6. The monoisotopic (exact) mass is 546 g/mol. The van der Waals surface area contributed by atoms with Gasteiger partial charge in [0.25, 0.3) is 0 Å². The number of phenols is 1. The van der Waals surface area contributed by atoms with Crippen molar-refractivity contribution in [3.8, 4) is 5.75 Å². The second kappa shape index (κ2) is 14.3. The Bertz CT molecular complexity index is 1040. The van der Waals surface area contributed by atoms with Crippen LogP contribution in [0.3, 0.4) is 0 Å². The summed E-state index contributed by atoms with van der Waals surface area (Å²) in [4.78, 5) is 4.38. The Morgan fingerprint density at radius 3 is 2.48 bits per heavy atom. The van der Waals surface area contributed by atoms with Crippen LogP contribution in [0.2, 0.25) is 0 Å². The average Bonchev–Trinajstić information content (AvgIpc) is 3.23. The zero-order valence-electron chi connectivity index (χ0n) is 25.0. The third-order valence-electron chi connectivity index (χ3n) is 11.0. The lowest BCUT2D eigenvalue weighted by molar-refractivity contribution is -0.0335. The van der Waals surface area contributed by atoms with E-state index < -0.39 is 0 Å². The van der Waals surface area contributed by atoms with Crippen LogP contribution < -0.4 is 5.32 Å². The van der Waals surface area contributed by atoms with Gasteiger partial charge < -0.3 is 15.5 Å². The number of aryl methyl sites for hydroxylation is 1. The number of fused-ring (bicyclic) bond motifs is 5. The Hall–Kier alpha value is -1.91. The highest BCUT2D eigenvalue weighted by molar-refractivity contribution is 5.40. The highest BCUT2D eigenvalue weighted by atomic mass is 16.3. The third-order valence-corrected chi connectivity index (χ3v) is 11.0. The molecule has 2 saturated carbocycles. The Labute approximate surface area is 243 Å². The van der Waals surface area contributed by atoms with E-state index in [2.05, 4.69) is 35.4 Å². The number of aromatic nitrogens is 1. The first-order valence-corrected chi connectivity index (χ1v) is 16.7. The van der Waals surface area contributed by atoms with Crippen molar-refractivity contribution in [3.05, 3.63) is 59.4 Å². The van der Waals surface area contributed by atoms with Gasteiger partial charge in [0.2, 0.25) is 0 Å². The van der Waals surface area contributed by atoms with Crippen LogP contribution in [0, 0.1) is 23.2 Å². The molecule has 0 radical (unpaired) electrons. The van der Waals surface area contributed by atoms with Crippen LogP contribution in [0.15, 0.2) is 42.6 Å². The van der Waals surface area contributed by atoms with Gasteiger partial charge in [-0.15, -0.1) is 0 Å². The maximum absolute atomic E-state index is 11.5. The van der Waals surface area contributed by atoms with Gasteiger partial charge in [0.05, 0.1) is 6.10 Å². The molecule has 40 heavy (non-hydrogen) atoms. The summed E-state index contributed by atoms with van der Waals surface area (Å²) in [6.45, 7) is 4.55. The van der Waals surface area contributed by atoms with E-state index in [0.717, 1.165) is 32.4 Å². The molecule has 0 aliphatic heterocycles. The average molecular weight is 547 g/mol. The fourth-order valence-corrected chi connectivity index (χ4v) is 8.78. The van der Waals surface area contributed by atoms with Gasteiger partial charge in [0.15, 0.2) is 0 Å². The first-order chi connectivity index (χ1) is 19.6. The fourth-order valence-electron chi connectivity index (χ4n) is 8.78. The molecule has 4 nitrogen and oxygen atoms in total. The molecule has 4 heteroatoms. The summed E-state index contributed by atoms with van der Waals surface area (Å²) in [5, 5.41) is 25.0. The van der Waals surface area contributed by atoms with Crippen molar-refractivity contribution >= 4 is 0 Å². The first kappa shape index (κ1) is 29.6. The number of benzene rings is 1. The summed E-state index contributed by atoms with van der Waals surface area (Å²) in [6, 6.07) is 12.2. The van der Waals surface area contributed by atoms with Crippen LogP contribution in [0.5, 0.6) is 5.75 Å². The van der Waals surface area contributed by atoms with Crippen molar-refractivity contribution < 1.29 is 10.2 Å². The van der Waals surface area contributed by atoms with E-state index in [1.54, 1.807) is 0 Å². The minimum atomic E-state index is -0.121. The molecule has 1 aromatic carbocycles. The summed E-state index contributed by atoms with van der Waals surface area (Å²) >= 11 is 0. The number of rotatable bonds is 15. The predicted molar refractivity (Wildman–Crippen MR) is 165 cm³/mol. The van der Waals surface area contributed by atoms with Gasteiger partial charge in [-0.2, -0.15) is 0 Å². The smallest absolute Gasteiger partial charge is 0.115 e. The van der Waals surface area contributed by atoms with Crippen LogP contribution in [-0.4, -0.2) is 34.4 Å². The lowest BCUT2D eigenvalue weighted by atomic mass is 9.55. The summed E-state index contributed by atoms with van der Waals surface area (Å²) in [6.07, 6.45) is 21.9. The fraction of sp³-hybridized carbons (Fsp3) is 0.694. The zero-order chi connectivity index (χ0) is 27.8. The molecule has 1 heterocycles. The molecule has 3 aliphatic carbocycles. The zero-order valence-corrected chi connectivity index (χ0v) is 25.0. The normalized spacial score (nSPS) is 29.1. The van der Waals surface area contributed by atoms with Crippen LogP contribution in [0.4, 0.5) is 0 Å². The molecule has 0 saturated heterocycles. The van der Waals surface area contributed by atoms with Crippen LogP contribution in [0.1, 0.15) is 120 Å². The number of nitrogens with one attached hydrogen (secondary N) is 1. The minimum Gasteiger partial charge on any atom is -0.508 e. The first-order valence-electron chi connectivity index (χ1n) is 16.7. The van der Waals surface area contributed by atoms with E-state index in [-0.39, 0.29) is 11.5 Å². The molecule has 2 fully saturated rings. The van der Waals surface area contributed by atoms with E-state index in [9.17, 15) is 10.2 Å². The highest BCUT2D eigenvalue weighted by Gasteiger charge is 2.57. The Morgan fingerprint density at radius 2 is 1.70 bits per heavy atom. The summed E-state index contributed by atoms with van der Waals surface area (Å²) < 4.78 is 0. The predicted octanol–water partition coefficient (Wildman–Crippen LogP) is 7.96. The third kappa shape index (κ3) is 7.10. The van der Waals surface area contributed by atoms with Gasteiger partial charge in [0, 0.05) is 24.9 Å². The van der Waals surface area contributed by atoms with Crippen molar-refractivity contribution in [1.82, 2.24) is 10.3 Å². The molecular formula is C36H54N2O2. The molecule has 0 amide bonds. The van der Waals surface area contributed by atoms with E-state index in [1.165, 1.54) is 100 Å². The Morgan fingerprint density at radius 1 is 0.925 bits per heavy atom. The van der Waals surface area contributed by atoms with Gasteiger partial charge in [-0.25, -0.2) is 0 Å². The molecular weight excluding hydrogens is 492 g/mol. The topological polar surface area (TPSA) is 65.4 Å².